The molecular formula is C15H14Cl2FN. The fourth-order valence-electron chi connectivity index (χ4n) is 2.01. The Morgan fingerprint density at radius 1 is 1.11 bits per heavy atom. The highest BCUT2D eigenvalue weighted by Gasteiger charge is 2.23. The molecule has 0 aliphatic heterocycles. The molecule has 4 heteroatoms. The summed E-state index contributed by atoms with van der Waals surface area (Å²) < 4.78 is 13.9. The van der Waals surface area contributed by atoms with E-state index < -0.39 is 11.4 Å². The molecule has 0 aliphatic rings. The summed E-state index contributed by atoms with van der Waals surface area (Å²) in [6, 6.07) is 12.2. The van der Waals surface area contributed by atoms with E-state index in [1.54, 1.807) is 24.3 Å². The molecule has 0 bridgehead atoms. The third-order valence-corrected chi connectivity index (χ3v) is 3.64. The molecule has 2 aromatic rings. The first-order chi connectivity index (χ1) is 8.90. The van der Waals surface area contributed by atoms with Gasteiger partial charge in [-0.05, 0) is 42.7 Å². The molecule has 1 nitrogen and oxygen atoms in total. The van der Waals surface area contributed by atoms with Crippen molar-refractivity contribution < 1.29 is 4.39 Å². The van der Waals surface area contributed by atoms with Gasteiger partial charge in [0.25, 0.3) is 0 Å². The monoisotopic (exact) mass is 297 g/mol. The van der Waals surface area contributed by atoms with E-state index in [0.29, 0.717) is 17.0 Å². The van der Waals surface area contributed by atoms with Crippen LogP contribution in [0.1, 0.15) is 18.1 Å². The SMILES string of the molecule is CC(N)(Cc1cccc(Cl)c1F)c1ccc(Cl)cc1. The Morgan fingerprint density at radius 2 is 1.74 bits per heavy atom. The number of nitrogens with two attached hydrogens (primary N) is 1. The minimum absolute atomic E-state index is 0.115. The normalized spacial score (nSPS) is 14.2. The van der Waals surface area contributed by atoms with Gasteiger partial charge in [0.05, 0.1) is 5.02 Å². The van der Waals surface area contributed by atoms with Crippen molar-refractivity contribution >= 4 is 23.2 Å². The van der Waals surface area contributed by atoms with Crippen LogP contribution in [0.15, 0.2) is 42.5 Å². The number of rotatable bonds is 3. The molecule has 1 unspecified atom stereocenters. The highest BCUT2D eigenvalue weighted by Crippen LogP contribution is 2.27. The first kappa shape index (κ1) is 14.3. The summed E-state index contributed by atoms with van der Waals surface area (Å²) in [5, 5.41) is 0.762. The third-order valence-electron chi connectivity index (χ3n) is 3.09. The van der Waals surface area contributed by atoms with E-state index in [0.717, 1.165) is 5.56 Å². The lowest BCUT2D eigenvalue weighted by Crippen LogP contribution is -2.35. The van der Waals surface area contributed by atoms with Crippen molar-refractivity contribution in [2.75, 3.05) is 0 Å². The fraction of sp³-hybridized carbons (Fsp3) is 0.200. The summed E-state index contributed by atoms with van der Waals surface area (Å²) in [7, 11) is 0. The summed E-state index contributed by atoms with van der Waals surface area (Å²) >= 11 is 11.6. The van der Waals surface area contributed by atoms with E-state index in [4.69, 9.17) is 28.9 Å². The van der Waals surface area contributed by atoms with Gasteiger partial charge in [-0.2, -0.15) is 0 Å². The summed E-state index contributed by atoms with van der Waals surface area (Å²) in [5.41, 5.74) is 7.01. The second-order valence-electron chi connectivity index (χ2n) is 4.81. The quantitative estimate of drug-likeness (QED) is 0.884. The molecule has 1 atom stereocenters. The average Bonchev–Trinajstić information content (AvgIpc) is 2.35. The summed E-state index contributed by atoms with van der Waals surface area (Å²) in [6.45, 7) is 1.86. The Labute approximate surface area is 122 Å². The van der Waals surface area contributed by atoms with Crippen molar-refractivity contribution in [1.82, 2.24) is 0 Å². The molecule has 19 heavy (non-hydrogen) atoms. The standard InChI is InChI=1S/C15H14Cl2FN/c1-15(19,11-5-7-12(16)8-6-11)9-10-3-2-4-13(17)14(10)18/h2-8H,9,19H2,1H3. The Bertz CT molecular complexity index is 579. The molecule has 0 fully saturated rings. The van der Waals surface area contributed by atoms with Gasteiger partial charge in [0.15, 0.2) is 0 Å². The van der Waals surface area contributed by atoms with Crippen LogP contribution in [0.3, 0.4) is 0 Å². The van der Waals surface area contributed by atoms with Gasteiger partial charge in [-0.25, -0.2) is 4.39 Å². The van der Waals surface area contributed by atoms with E-state index in [1.807, 2.05) is 19.1 Å². The van der Waals surface area contributed by atoms with Crippen LogP contribution in [0.2, 0.25) is 10.0 Å². The van der Waals surface area contributed by atoms with Crippen molar-refractivity contribution in [2.24, 2.45) is 5.73 Å². The molecule has 2 rings (SSSR count). The number of hydrogen-bond donors (Lipinski definition) is 1. The molecule has 0 aliphatic carbocycles. The van der Waals surface area contributed by atoms with Crippen LogP contribution in [0.5, 0.6) is 0 Å². The zero-order chi connectivity index (χ0) is 14.0. The fourth-order valence-corrected chi connectivity index (χ4v) is 2.33. The molecule has 2 N–H and O–H groups in total. The lowest BCUT2D eigenvalue weighted by molar-refractivity contribution is 0.475. The largest absolute Gasteiger partial charge is 0.321 e. The van der Waals surface area contributed by atoms with E-state index in [1.165, 1.54) is 6.07 Å². The molecule has 0 radical (unpaired) electrons. The maximum Gasteiger partial charge on any atom is 0.145 e. The Hall–Kier alpha value is -1.09. The Kier molecular flexibility index (Phi) is 4.14. The van der Waals surface area contributed by atoms with Crippen molar-refractivity contribution in [1.29, 1.82) is 0 Å². The average molecular weight is 298 g/mol. The van der Waals surface area contributed by atoms with Gasteiger partial charge in [0, 0.05) is 10.6 Å². The maximum atomic E-state index is 13.9. The van der Waals surface area contributed by atoms with Crippen LogP contribution < -0.4 is 5.73 Å². The van der Waals surface area contributed by atoms with Crippen LogP contribution in [0.25, 0.3) is 0 Å². The maximum absolute atomic E-state index is 13.9. The molecule has 2 aromatic carbocycles. The Balaban J connectivity index is 2.30. The zero-order valence-corrected chi connectivity index (χ0v) is 12.0. The zero-order valence-electron chi connectivity index (χ0n) is 10.5. The first-order valence-corrected chi connectivity index (χ1v) is 6.63. The van der Waals surface area contributed by atoms with Crippen LogP contribution in [-0.4, -0.2) is 0 Å². The van der Waals surface area contributed by atoms with Crippen LogP contribution >= 0.6 is 23.2 Å². The molecular weight excluding hydrogens is 284 g/mol. The third kappa shape index (κ3) is 3.27. The number of halogens is 3. The molecule has 0 heterocycles. The second kappa shape index (κ2) is 5.49. The van der Waals surface area contributed by atoms with Crippen LogP contribution in [0, 0.1) is 5.82 Å². The molecule has 100 valence electrons. The van der Waals surface area contributed by atoms with Gasteiger partial charge in [0.2, 0.25) is 0 Å². The van der Waals surface area contributed by atoms with Crippen molar-refractivity contribution in [2.45, 2.75) is 18.9 Å². The first-order valence-electron chi connectivity index (χ1n) is 5.88. The summed E-state index contributed by atoms with van der Waals surface area (Å²) in [4.78, 5) is 0. The molecule has 0 saturated heterocycles. The predicted octanol–water partition coefficient (Wildman–Crippen LogP) is 4.55. The molecule has 0 spiro atoms. The second-order valence-corrected chi connectivity index (χ2v) is 5.66. The Morgan fingerprint density at radius 3 is 2.37 bits per heavy atom. The molecule has 0 aromatic heterocycles. The van der Waals surface area contributed by atoms with Gasteiger partial charge in [0.1, 0.15) is 5.82 Å². The van der Waals surface area contributed by atoms with Crippen LogP contribution in [-0.2, 0) is 12.0 Å². The predicted molar refractivity (Wildman–Crippen MR) is 78.1 cm³/mol. The van der Waals surface area contributed by atoms with E-state index >= 15 is 0 Å². The minimum atomic E-state index is -0.684. The van der Waals surface area contributed by atoms with Gasteiger partial charge in [-0.15, -0.1) is 0 Å². The van der Waals surface area contributed by atoms with Crippen LogP contribution in [0.4, 0.5) is 4.39 Å². The van der Waals surface area contributed by atoms with Gasteiger partial charge >= 0.3 is 0 Å². The van der Waals surface area contributed by atoms with Gasteiger partial charge < -0.3 is 5.73 Å². The van der Waals surface area contributed by atoms with E-state index in [-0.39, 0.29) is 5.02 Å². The van der Waals surface area contributed by atoms with Crippen molar-refractivity contribution in [3.8, 4) is 0 Å². The van der Waals surface area contributed by atoms with E-state index in [9.17, 15) is 4.39 Å². The number of hydrogen-bond acceptors (Lipinski definition) is 1. The van der Waals surface area contributed by atoms with Crippen molar-refractivity contribution in [3.05, 3.63) is 69.5 Å². The highest BCUT2D eigenvalue weighted by molar-refractivity contribution is 6.31. The smallest absolute Gasteiger partial charge is 0.145 e. The molecule has 0 saturated carbocycles. The van der Waals surface area contributed by atoms with Crippen molar-refractivity contribution in [3.63, 3.8) is 0 Å². The molecule has 0 amide bonds. The summed E-state index contributed by atoms with van der Waals surface area (Å²) in [6.07, 6.45) is 0.362. The summed E-state index contributed by atoms with van der Waals surface area (Å²) in [5.74, 6) is -0.408. The number of benzene rings is 2. The van der Waals surface area contributed by atoms with Gasteiger partial charge in [-0.1, -0.05) is 47.5 Å². The lowest BCUT2D eigenvalue weighted by Gasteiger charge is -2.26. The lowest BCUT2D eigenvalue weighted by atomic mass is 9.86. The van der Waals surface area contributed by atoms with E-state index in [2.05, 4.69) is 0 Å². The van der Waals surface area contributed by atoms with Gasteiger partial charge in [-0.3, -0.25) is 0 Å². The minimum Gasteiger partial charge on any atom is -0.321 e. The topological polar surface area (TPSA) is 26.0 Å². The highest BCUT2D eigenvalue weighted by atomic mass is 35.5.